The van der Waals surface area contributed by atoms with E-state index in [-0.39, 0.29) is 18.6 Å². The van der Waals surface area contributed by atoms with E-state index < -0.39 is 91.4 Å². The van der Waals surface area contributed by atoms with Crippen molar-refractivity contribution in [3.8, 4) is 5.75 Å². The highest BCUT2D eigenvalue weighted by Gasteiger charge is 2.31. The summed E-state index contributed by atoms with van der Waals surface area (Å²) in [6.45, 7) is 0. The fourth-order valence-electron chi connectivity index (χ4n) is 3.22. The highest BCUT2D eigenvalue weighted by molar-refractivity contribution is 5.95. The standard InChI is InChI=1S/C23H30N4O12/c24-13(5-7-17(29)30)20(35)26-15(9-11-1-3-12(28)4-2-11)22(37)25-14(6-8-18(31)32)21(36)27-16(23(38)39)10-19(33)34/h1-4,13-16,28H,5-10,24H2,(H,25,37)(H,26,35)(H,27,36)(H,29,30)(H,31,32)(H,33,34)(H,38,39). The molecule has 1 aromatic rings. The van der Waals surface area contributed by atoms with Crippen LogP contribution >= 0.6 is 0 Å². The molecule has 0 saturated carbocycles. The number of phenols is 1. The molecule has 39 heavy (non-hydrogen) atoms. The highest BCUT2D eigenvalue weighted by atomic mass is 16.4. The molecule has 0 aromatic heterocycles. The van der Waals surface area contributed by atoms with Gasteiger partial charge in [-0.05, 0) is 30.5 Å². The van der Waals surface area contributed by atoms with Crippen LogP contribution in [0.4, 0.5) is 0 Å². The molecule has 0 aliphatic carbocycles. The van der Waals surface area contributed by atoms with Gasteiger partial charge in [-0.15, -0.1) is 0 Å². The third-order valence-corrected chi connectivity index (χ3v) is 5.29. The Morgan fingerprint density at radius 1 is 0.667 bits per heavy atom. The number of hydrogen-bond donors (Lipinski definition) is 9. The van der Waals surface area contributed by atoms with Gasteiger partial charge >= 0.3 is 23.9 Å². The average molecular weight is 555 g/mol. The second kappa shape index (κ2) is 15.5. The number of amides is 3. The van der Waals surface area contributed by atoms with E-state index in [1.807, 2.05) is 5.32 Å². The van der Waals surface area contributed by atoms with Crippen molar-refractivity contribution in [3.05, 3.63) is 29.8 Å². The number of carbonyl (C=O) groups is 7. The summed E-state index contributed by atoms with van der Waals surface area (Å²) in [5.41, 5.74) is 6.14. The lowest BCUT2D eigenvalue weighted by Crippen LogP contribution is -2.57. The average Bonchev–Trinajstić information content (AvgIpc) is 2.84. The molecule has 0 radical (unpaired) electrons. The number of aromatic hydroxyl groups is 1. The zero-order valence-electron chi connectivity index (χ0n) is 20.5. The minimum atomic E-state index is -1.88. The van der Waals surface area contributed by atoms with Gasteiger partial charge in [0.25, 0.3) is 0 Å². The maximum atomic E-state index is 13.1. The summed E-state index contributed by atoms with van der Waals surface area (Å²) in [4.78, 5) is 82.5. The van der Waals surface area contributed by atoms with Gasteiger partial charge in [0.1, 0.15) is 23.9 Å². The molecule has 214 valence electrons. The van der Waals surface area contributed by atoms with Crippen molar-refractivity contribution in [2.45, 2.75) is 62.7 Å². The molecule has 4 atom stereocenters. The van der Waals surface area contributed by atoms with E-state index >= 15 is 0 Å². The first-order chi connectivity index (χ1) is 18.2. The van der Waals surface area contributed by atoms with E-state index in [0.717, 1.165) is 0 Å². The Morgan fingerprint density at radius 3 is 1.67 bits per heavy atom. The molecule has 1 rings (SSSR count). The lowest BCUT2D eigenvalue weighted by atomic mass is 10.0. The molecular formula is C23H30N4O12. The summed E-state index contributed by atoms with van der Waals surface area (Å²) >= 11 is 0. The van der Waals surface area contributed by atoms with Crippen LogP contribution in [0.5, 0.6) is 5.75 Å². The molecule has 1 aromatic carbocycles. The number of carboxylic acid groups (broad SMARTS) is 4. The lowest BCUT2D eigenvalue weighted by molar-refractivity contribution is -0.147. The molecule has 0 aliphatic heterocycles. The third-order valence-electron chi connectivity index (χ3n) is 5.29. The summed E-state index contributed by atoms with van der Waals surface area (Å²) in [5, 5.41) is 51.9. The molecule has 0 spiro atoms. The van der Waals surface area contributed by atoms with E-state index in [4.69, 9.17) is 21.1 Å². The predicted molar refractivity (Wildman–Crippen MR) is 129 cm³/mol. The smallest absolute Gasteiger partial charge is 0.326 e. The Bertz CT molecular complexity index is 1080. The Kier molecular flexibility index (Phi) is 12.8. The van der Waals surface area contributed by atoms with E-state index in [2.05, 4.69) is 10.6 Å². The summed E-state index contributed by atoms with van der Waals surface area (Å²) in [6, 6.07) is -0.760. The summed E-state index contributed by atoms with van der Waals surface area (Å²) in [6.07, 6.45) is -3.02. The molecule has 16 heteroatoms. The number of hydrogen-bond acceptors (Lipinski definition) is 9. The van der Waals surface area contributed by atoms with Gasteiger partial charge in [-0.1, -0.05) is 12.1 Å². The molecule has 16 nitrogen and oxygen atoms in total. The maximum Gasteiger partial charge on any atom is 0.326 e. The van der Waals surface area contributed by atoms with Crippen LogP contribution in [0.1, 0.15) is 37.7 Å². The van der Waals surface area contributed by atoms with Crippen molar-refractivity contribution in [1.29, 1.82) is 0 Å². The van der Waals surface area contributed by atoms with Crippen molar-refractivity contribution >= 4 is 41.6 Å². The van der Waals surface area contributed by atoms with Crippen LogP contribution in [-0.4, -0.2) is 91.3 Å². The van der Waals surface area contributed by atoms with Gasteiger partial charge in [0.2, 0.25) is 17.7 Å². The number of aliphatic carboxylic acids is 4. The molecule has 0 saturated heterocycles. The molecule has 0 fully saturated rings. The van der Waals surface area contributed by atoms with E-state index in [9.17, 15) is 43.8 Å². The number of rotatable bonds is 17. The normalized spacial score (nSPS) is 13.7. The van der Waals surface area contributed by atoms with E-state index in [1.165, 1.54) is 24.3 Å². The molecule has 3 amide bonds. The number of benzene rings is 1. The zero-order valence-corrected chi connectivity index (χ0v) is 20.5. The van der Waals surface area contributed by atoms with Gasteiger partial charge in [-0.3, -0.25) is 28.8 Å². The largest absolute Gasteiger partial charge is 0.508 e. The molecule has 4 unspecified atom stereocenters. The van der Waals surface area contributed by atoms with E-state index in [0.29, 0.717) is 5.56 Å². The molecule has 0 bridgehead atoms. The quantitative estimate of drug-likeness (QED) is 0.101. The van der Waals surface area contributed by atoms with Crippen LogP contribution in [0.3, 0.4) is 0 Å². The van der Waals surface area contributed by atoms with Crippen molar-refractivity contribution in [3.63, 3.8) is 0 Å². The monoisotopic (exact) mass is 554 g/mol. The van der Waals surface area contributed by atoms with Gasteiger partial charge < -0.3 is 47.2 Å². The minimum Gasteiger partial charge on any atom is -0.508 e. The van der Waals surface area contributed by atoms with Gasteiger partial charge in [0.15, 0.2) is 0 Å². The lowest BCUT2D eigenvalue weighted by Gasteiger charge is -2.25. The van der Waals surface area contributed by atoms with Crippen molar-refractivity contribution in [1.82, 2.24) is 16.0 Å². The fraction of sp³-hybridized carbons (Fsp3) is 0.435. The van der Waals surface area contributed by atoms with Crippen molar-refractivity contribution < 1.29 is 59.1 Å². The van der Waals surface area contributed by atoms with E-state index in [1.54, 1.807) is 0 Å². The molecular weight excluding hydrogens is 524 g/mol. The molecule has 10 N–H and O–H groups in total. The minimum absolute atomic E-state index is 0.0840. The number of phenolic OH excluding ortho intramolecular Hbond substituents is 1. The van der Waals surface area contributed by atoms with Gasteiger partial charge in [0.05, 0.1) is 12.5 Å². The van der Waals surface area contributed by atoms with Gasteiger partial charge in [-0.2, -0.15) is 0 Å². The van der Waals surface area contributed by atoms with Gasteiger partial charge in [0, 0.05) is 19.3 Å². The first kappa shape index (κ1) is 32.3. The van der Waals surface area contributed by atoms with Crippen LogP contribution < -0.4 is 21.7 Å². The molecule has 0 aliphatic rings. The topological polar surface area (TPSA) is 283 Å². The predicted octanol–water partition coefficient (Wildman–Crippen LogP) is -1.99. The Hall–Kier alpha value is -4.73. The first-order valence-corrected chi connectivity index (χ1v) is 11.5. The van der Waals surface area contributed by atoms with Gasteiger partial charge in [-0.25, -0.2) is 4.79 Å². The van der Waals surface area contributed by atoms with Crippen LogP contribution in [0.25, 0.3) is 0 Å². The first-order valence-electron chi connectivity index (χ1n) is 11.5. The zero-order chi connectivity index (χ0) is 29.7. The highest BCUT2D eigenvalue weighted by Crippen LogP contribution is 2.12. The Morgan fingerprint density at radius 2 is 1.15 bits per heavy atom. The number of nitrogens with two attached hydrogens (primary N) is 1. The van der Waals surface area contributed by atoms with Crippen LogP contribution in [0.2, 0.25) is 0 Å². The number of carboxylic acids is 4. The summed E-state index contributed by atoms with van der Waals surface area (Å²) in [5.74, 6) is -8.92. The van der Waals surface area contributed by atoms with Crippen LogP contribution in [-0.2, 0) is 40.0 Å². The maximum absolute atomic E-state index is 13.1. The number of carbonyl (C=O) groups excluding carboxylic acids is 3. The Balaban J connectivity index is 3.17. The van der Waals surface area contributed by atoms with Crippen LogP contribution in [0.15, 0.2) is 24.3 Å². The SMILES string of the molecule is NC(CCC(=O)O)C(=O)NC(Cc1ccc(O)cc1)C(=O)NC(CCC(=O)O)C(=O)NC(CC(=O)O)C(=O)O. The second-order valence-electron chi connectivity index (χ2n) is 8.46. The summed E-state index contributed by atoms with van der Waals surface area (Å²) in [7, 11) is 0. The van der Waals surface area contributed by atoms with Crippen molar-refractivity contribution in [2.75, 3.05) is 0 Å². The second-order valence-corrected chi connectivity index (χ2v) is 8.46. The van der Waals surface area contributed by atoms with Crippen LogP contribution in [0, 0.1) is 0 Å². The van der Waals surface area contributed by atoms with Crippen molar-refractivity contribution in [2.24, 2.45) is 5.73 Å². The molecule has 0 heterocycles. The Labute approximate surface area is 221 Å². The third kappa shape index (κ3) is 12.4. The summed E-state index contributed by atoms with van der Waals surface area (Å²) < 4.78 is 0. The fourth-order valence-corrected chi connectivity index (χ4v) is 3.22. The number of nitrogens with one attached hydrogen (secondary N) is 3.